The zero-order valence-electron chi connectivity index (χ0n) is 16.3. The summed E-state index contributed by atoms with van der Waals surface area (Å²) >= 11 is 0. The van der Waals surface area contributed by atoms with E-state index in [1.54, 1.807) is 6.07 Å². The van der Waals surface area contributed by atoms with Gasteiger partial charge in [0, 0.05) is 65.1 Å². The first-order chi connectivity index (χ1) is 13.5. The van der Waals surface area contributed by atoms with E-state index in [0.717, 1.165) is 50.8 Å². The van der Waals surface area contributed by atoms with Gasteiger partial charge in [-0.05, 0) is 36.4 Å². The van der Waals surface area contributed by atoms with E-state index in [-0.39, 0.29) is 11.7 Å². The average Bonchev–Trinajstić information content (AvgIpc) is 2.68. The van der Waals surface area contributed by atoms with Crippen LogP contribution in [0.3, 0.4) is 0 Å². The molecule has 0 radical (unpaired) electrons. The molecule has 2 aromatic rings. The maximum absolute atomic E-state index is 13.1. The molecule has 148 valence electrons. The molecule has 0 unspecified atom stereocenters. The summed E-state index contributed by atoms with van der Waals surface area (Å²) in [6, 6.07) is 10.6. The average molecular weight is 384 g/mol. The number of amides is 1. The molecule has 0 spiro atoms. The SMILES string of the molecule is CN(C)c1ccc(C(=O)N2CC(N3CCN(c4ccc(F)cc4)CC3)C2)nn1. The standard InChI is InChI=1S/C20H25FN6O/c1-24(2)19-8-7-18(22-23-19)20(28)27-13-17(14-27)26-11-9-25(10-12-26)16-5-3-15(21)4-6-16/h3-8,17H,9-14H2,1-2H3. The Balaban J connectivity index is 1.26. The summed E-state index contributed by atoms with van der Waals surface area (Å²) in [5.41, 5.74) is 1.45. The zero-order chi connectivity index (χ0) is 19.7. The van der Waals surface area contributed by atoms with Crippen LogP contribution in [-0.4, -0.2) is 85.3 Å². The molecule has 0 bridgehead atoms. The van der Waals surface area contributed by atoms with Crippen LogP contribution in [0, 0.1) is 5.82 Å². The third kappa shape index (κ3) is 3.77. The van der Waals surface area contributed by atoms with Crippen molar-refractivity contribution in [3.63, 3.8) is 0 Å². The molecule has 4 rings (SSSR count). The summed E-state index contributed by atoms with van der Waals surface area (Å²) in [5, 5.41) is 8.14. The van der Waals surface area contributed by atoms with Crippen molar-refractivity contribution in [1.82, 2.24) is 20.0 Å². The third-order valence-corrected chi connectivity index (χ3v) is 5.50. The number of piperazine rings is 1. The minimum atomic E-state index is -0.206. The van der Waals surface area contributed by atoms with Crippen molar-refractivity contribution in [2.45, 2.75) is 6.04 Å². The molecule has 2 saturated heterocycles. The van der Waals surface area contributed by atoms with E-state index < -0.39 is 0 Å². The Morgan fingerprint density at radius 3 is 2.25 bits per heavy atom. The Morgan fingerprint density at radius 2 is 1.68 bits per heavy atom. The van der Waals surface area contributed by atoms with Gasteiger partial charge in [0.15, 0.2) is 11.5 Å². The van der Waals surface area contributed by atoms with Gasteiger partial charge in [0.2, 0.25) is 0 Å². The number of hydrogen-bond acceptors (Lipinski definition) is 6. The molecule has 7 nitrogen and oxygen atoms in total. The second-order valence-electron chi connectivity index (χ2n) is 7.53. The maximum Gasteiger partial charge on any atom is 0.274 e. The molecule has 8 heteroatoms. The lowest BCUT2D eigenvalue weighted by Gasteiger charge is -2.48. The Kier molecular flexibility index (Phi) is 5.13. The summed E-state index contributed by atoms with van der Waals surface area (Å²) in [6.07, 6.45) is 0. The molecular weight excluding hydrogens is 359 g/mol. The minimum absolute atomic E-state index is 0.0565. The van der Waals surface area contributed by atoms with Crippen molar-refractivity contribution in [3.8, 4) is 0 Å². The molecule has 1 aromatic heterocycles. The highest BCUT2D eigenvalue weighted by Crippen LogP contribution is 2.22. The Morgan fingerprint density at radius 1 is 1.00 bits per heavy atom. The number of likely N-dealkylation sites (tertiary alicyclic amines) is 1. The lowest BCUT2D eigenvalue weighted by Crippen LogP contribution is -2.64. The number of halogens is 1. The van der Waals surface area contributed by atoms with Gasteiger partial charge in [0.05, 0.1) is 0 Å². The number of aromatic nitrogens is 2. The zero-order valence-corrected chi connectivity index (χ0v) is 16.3. The predicted octanol–water partition coefficient (Wildman–Crippen LogP) is 1.33. The highest BCUT2D eigenvalue weighted by molar-refractivity contribution is 5.92. The third-order valence-electron chi connectivity index (χ3n) is 5.50. The van der Waals surface area contributed by atoms with Gasteiger partial charge in [0.1, 0.15) is 5.82 Å². The highest BCUT2D eigenvalue weighted by Gasteiger charge is 2.36. The number of rotatable bonds is 4. The fourth-order valence-corrected chi connectivity index (χ4v) is 3.69. The molecule has 0 N–H and O–H groups in total. The van der Waals surface area contributed by atoms with Gasteiger partial charge in [-0.2, -0.15) is 0 Å². The van der Waals surface area contributed by atoms with E-state index in [1.807, 2.05) is 42.1 Å². The largest absolute Gasteiger partial charge is 0.369 e. The molecule has 28 heavy (non-hydrogen) atoms. The molecule has 0 aliphatic carbocycles. The van der Waals surface area contributed by atoms with Crippen molar-refractivity contribution >= 4 is 17.4 Å². The van der Waals surface area contributed by atoms with E-state index >= 15 is 0 Å². The fraction of sp³-hybridized carbons (Fsp3) is 0.450. The lowest BCUT2D eigenvalue weighted by molar-refractivity contribution is 0.0241. The topological polar surface area (TPSA) is 55.8 Å². The Bertz CT molecular complexity index is 812. The van der Waals surface area contributed by atoms with Gasteiger partial charge >= 0.3 is 0 Å². The highest BCUT2D eigenvalue weighted by atomic mass is 19.1. The first kappa shape index (κ1) is 18.6. The lowest BCUT2D eigenvalue weighted by atomic mass is 10.0. The number of nitrogens with zero attached hydrogens (tertiary/aromatic N) is 6. The quantitative estimate of drug-likeness (QED) is 0.793. The van der Waals surface area contributed by atoms with E-state index in [9.17, 15) is 9.18 Å². The minimum Gasteiger partial charge on any atom is -0.369 e. The van der Waals surface area contributed by atoms with Gasteiger partial charge in [-0.15, -0.1) is 10.2 Å². The number of carbonyl (C=O) groups is 1. The van der Waals surface area contributed by atoms with Gasteiger partial charge in [-0.25, -0.2) is 4.39 Å². The molecule has 3 heterocycles. The van der Waals surface area contributed by atoms with Crippen molar-refractivity contribution in [2.75, 3.05) is 63.2 Å². The monoisotopic (exact) mass is 384 g/mol. The second kappa shape index (κ2) is 7.71. The normalized spacial score (nSPS) is 18.1. The molecule has 2 aliphatic rings. The van der Waals surface area contributed by atoms with Crippen molar-refractivity contribution in [2.24, 2.45) is 0 Å². The smallest absolute Gasteiger partial charge is 0.274 e. The van der Waals surface area contributed by atoms with Crippen molar-refractivity contribution in [1.29, 1.82) is 0 Å². The van der Waals surface area contributed by atoms with Crippen LogP contribution in [-0.2, 0) is 0 Å². The number of anilines is 2. The second-order valence-corrected chi connectivity index (χ2v) is 7.53. The molecule has 2 fully saturated rings. The Hall–Kier alpha value is -2.74. The van der Waals surface area contributed by atoms with Crippen LogP contribution in [0.25, 0.3) is 0 Å². The summed E-state index contributed by atoms with van der Waals surface area (Å²) in [5.74, 6) is 0.471. The first-order valence-corrected chi connectivity index (χ1v) is 9.56. The summed E-state index contributed by atoms with van der Waals surface area (Å²) in [7, 11) is 3.78. The van der Waals surface area contributed by atoms with Crippen LogP contribution in [0.15, 0.2) is 36.4 Å². The van der Waals surface area contributed by atoms with Gasteiger partial charge < -0.3 is 14.7 Å². The number of carbonyl (C=O) groups excluding carboxylic acids is 1. The van der Waals surface area contributed by atoms with Crippen LogP contribution in [0.2, 0.25) is 0 Å². The predicted molar refractivity (Wildman–Crippen MR) is 106 cm³/mol. The first-order valence-electron chi connectivity index (χ1n) is 9.56. The summed E-state index contributed by atoms with van der Waals surface area (Å²) < 4.78 is 13.1. The Labute approximate surface area is 164 Å². The fourth-order valence-electron chi connectivity index (χ4n) is 3.69. The van der Waals surface area contributed by atoms with Crippen molar-refractivity contribution < 1.29 is 9.18 Å². The molecule has 1 aromatic carbocycles. The number of benzene rings is 1. The van der Waals surface area contributed by atoms with Crippen LogP contribution in [0.5, 0.6) is 0 Å². The molecule has 2 aliphatic heterocycles. The van der Waals surface area contributed by atoms with Crippen LogP contribution >= 0.6 is 0 Å². The summed E-state index contributed by atoms with van der Waals surface area (Å²) in [4.78, 5) is 20.9. The van der Waals surface area contributed by atoms with Gasteiger partial charge in [0.25, 0.3) is 5.91 Å². The molecule has 1 amide bonds. The van der Waals surface area contributed by atoms with E-state index in [4.69, 9.17) is 0 Å². The van der Waals surface area contributed by atoms with Crippen LogP contribution < -0.4 is 9.80 Å². The van der Waals surface area contributed by atoms with E-state index in [1.165, 1.54) is 12.1 Å². The maximum atomic E-state index is 13.1. The van der Waals surface area contributed by atoms with E-state index in [2.05, 4.69) is 20.0 Å². The molecular formula is C20H25FN6O. The molecule has 0 saturated carbocycles. The molecule has 0 atom stereocenters. The van der Waals surface area contributed by atoms with Crippen LogP contribution in [0.4, 0.5) is 15.9 Å². The van der Waals surface area contributed by atoms with E-state index in [0.29, 0.717) is 11.7 Å². The van der Waals surface area contributed by atoms with Gasteiger partial charge in [-0.3, -0.25) is 9.69 Å². The van der Waals surface area contributed by atoms with Gasteiger partial charge in [-0.1, -0.05) is 0 Å². The number of hydrogen-bond donors (Lipinski definition) is 0. The van der Waals surface area contributed by atoms with Crippen LogP contribution in [0.1, 0.15) is 10.5 Å². The van der Waals surface area contributed by atoms with Crippen molar-refractivity contribution in [3.05, 3.63) is 47.9 Å². The summed E-state index contributed by atoms with van der Waals surface area (Å²) in [6.45, 7) is 5.17.